The molecule has 1 atom stereocenters. The minimum Gasteiger partial charge on any atom is -0.492 e. The van der Waals surface area contributed by atoms with Crippen molar-refractivity contribution in [2.24, 2.45) is 0 Å². The zero-order chi connectivity index (χ0) is 34.7. The average molecular weight is 729 g/mol. The molecule has 0 spiro atoms. The fraction of sp³-hybridized carbons (Fsp3) is 0.278. The summed E-state index contributed by atoms with van der Waals surface area (Å²) >= 11 is 14.0. The molecule has 12 heteroatoms. The molecule has 4 aromatic carbocycles. The molecule has 0 saturated carbocycles. The molecule has 0 aromatic heterocycles. The van der Waals surface area contributed by atoms with Crippen LogP contribution >= 0.6 is 35.0 Å². The van der Waals surface area contributed by atoms with Gasteiger partial charge in [-0.1, -0.05) is 78.7 Å². The zero-order valence-corrected chi connectivity index (χ0v) is 30.2. The number of carbonyl (C=O) groups excluding carboxylic acids is 2. The van der Waals surface area contributed by atoms with E-state index in [0.717, 1.165) is 14.8 Å². The van der Waals surface area contributed by atoms with Crippen molar-refractivity contribution >= 4 is 62.5 Å². The molecule has 0 radical (unpaired) electrons. The maximum atomic E-state index is 14.7. The predicted octanol–water partition coefficient (Wildman–Crippen LogP) is 7.48. The molecule has 0 aliphatic heterocycles. The second-order valence-electron chi connectivity index (χ2n) is 10.9. The average Bonchev–Trinajstić information content (AvgIpc) is 3.10. The first-order chi connectivity index (χ1) is 23.1. The molecule has 0 aliphatic carbocycles. The number of hydrogen-bond acceptors (Lipinski definition) is 6. The van der Waals surface area contributed by atoms with Crippen LogP contribution in [-0.4, -0.2) is 57.1 Å². The van der Waals surface area contributed by atoms with Gasteiger partial charge in [0.25, 0.3) is 10.0 Å². The van der Waals surface area contributed by atoms with Gasteiger partial charge in [0, 0.05) is 24.4 Å². The summed E-state index contributed by atoms with van der Waals surface area (Å²) in [7, 11) is -4.30. The van der Waals surface area contributed by atoms with Gasteiger partial charge in [0.05, 0.1) is 27.2 Å². The summed E-state index contributed by atoms with van der Waals surface area (Å²) in [6.45, 7) is 3.79. The van der Waals surface area contributed by atoms with E-state index in [-0.39, 0.29) is 36.1 Å². The number of sulfonamides is 1. The Hall–Kier alpha value is -3.70. The number of hydrogen-bond donors (Lipinski definition) is 1. The number of halogens is 2. The van der Waals surface area contributed by atoms with E-state index in [1.807, 2.05) is 43.5 Å². The smallest absolute Gasteiger partial charge is 0.264 e. The van der Waals surface area contributed by atoms with Gasteiger partial charge >= 0.3 is 0 Å². The number of benzene rings is 4. The largest absolute Gasteiger partial charge is 0.492 e. The maximum absolute atomic E-state index is 14.7. The van der Waals surface area contributed by atoms with Gasteiger partial charge in [-0.2, -0.15) is 0 Å². The van der Waals surface area contributed by atoms with Gasteiger partial charge in [-0.05, 0) is 79.3 Å². The van der Waals surface area contributed by atoms with Crippen molar-refractivity contribution in [3.05, 3.63) is 118 Å². The van der Waals surface area contributed by atoms with Gasteiger partial charge in [0.15, 0.2) is 0 Å². The highest BCUT2D eigenvalue weighted by Crippen LogP contribution is 2.34. The molecule has 8 nitrogen and oxygen atoms in total. The number of anilines is 1. The van der Waals surface area contributed by atoms with Crippen LogP contribution in [0.15, 0.2) is 107 Å². The van der Waals surface area contributed by atoms with Crippen molar-refractivity contribution < 1.29 is 22.7 Å². The van der Waals surface area contributed by atoms with Crippen molar-refractivity contribution in [2.45, 2.75) is 49.1 Å². The Kier molecular flexibility index (Phi) is 13.6. The quantitative estimate of drug-likeness (QED) is 0.120. The number of para-hydroxylation sites is 2. The van der Waals surface area contributed by atoms with Crippen LogP contribution in [0.2, 0.25) is 10.0 Å². The third-order valence-corrected chi connectivity index (χ3v) is 10.8. The van der Waals surface area contributed by atoms with E-state index in [1.54, 1.807) is 61.5 Å². The molecule has 48 heavy (non-hydrogen) atoms. The highest BCUT2D eigenvalue weighted by atomic mass is 35.5. The van der Waals surface area contributed by atoms with Gasteiger partial charge in [-0.25, -0.2) is 8.42 Å². The number of ether oxygens (including phenoxy) is 1. The summed E-state index contributed by atoms with van der Waals surface area (Å²) in [6.07, 6.45) is 2.79. The summed E-state index contributed by atoms with van der Waals surface area (Å²) < 4.78 is 35.7. The lowest BCUT2D eigenvalue weighted by molar-refractivity contribution is -0.140. The standard InChI is InChI=1S/C36H39Cl2N3O5S2/c1-4-21-39-36(43)33(23-26-11-7-6-8-12-26)40(24-27-15-20-30(37)31(38)22-27)35(42)25-41(32-13-9-10-14-34(32)46-5-2)48(44,45)29-18-16-28(47-3)17-19-29/h6-20,22,33H,4-5,21,23-25H2,1-3H3,(H,39,43)/t33-/m1/s1. The van der Waals surface area contributed by atoms with Crippen LogP contribution in [0.5, 0.6) is 5.75 Å². The van der Waals surface area contributed by atoms with Gasteiger partial charge in [-0.3, -0.25) is 13.9 Å². The van der Waals surface area contributed by atoms with Crippen molar-refractivity contribution in [1.29, 1.82) is 0 Å². The Labute approximate surface area is 297 Å². The van der Waals surface area contributed by atoms with E-state index < -0.39 is 28.5 Å². The molecule has 1 N–H and O–H groups in total. The molecule has 0 aliphatic rings. The Morgan fingerprint density at radius 1 is 0.875 bits per heavy atom. The number of rotatable bonds is 16. The van der Waals surface area contributed by atoms with Crippen molar-refractivity contribution in [2.75, 3.05) is 30.3 Å². The summed E-state index contributed by atoms with van der Waals surface area (Å²) in [6, 6.07) is 26.5. The minimum atomic E-state index is -4.30. The number of nitrogens with zero attached hydrogens (tertiary/aromatic N) is 2. The number of carbonyl (C=O) groups is 2. The van der Waals surface area contributed by atoms with Gasteiger partial charge in [0.2, 0.25) is 11.8 Å². The summed E-state index contributed by atoms with van der Waals surface area (Å²) in [5.41, 5.74) is 1.66. The van der Waals surface area contributed by atoms with E-state index in [1.165, 1.54) is 28.8 Å². The van der Waals surface area contributed by atoms with Gasteiger partial charge in [0.1, 0.15) is 18.3 Å². The number of amides is 2. The second kappa shape index (κ2) is 17.6. The number of nitrogens with one attached hydrogen (secondary N) is 1. The highest BCUT2D eigenvalue weighted by molar-refractivity contribution is 7.98. The second-order valence-corrected chi connectivity index (χ2v) is 14.4. The lowest BCUT2D eigenvalue weighted by Gasteiger charge is -2.34. The third-order valence-electron chi connectivity index (χ3n) is 7.52. The first kappa shape index (κ1) is 37.1. The van der Waals surface area contributed by atoms with E-state index in [4.69, 9.17) is 27.9 Å². The molecule has 0 bridgehead atoms. The molecule has 0 fully saturated rings. The van der Waals surface area contributed by atoms with E-state index in [0.29, 0.717) is 34.3 Å². The van der Waals surface area contributed by atoms with E-state index in [9.17, 15) is 18.0 Å². The zero-order valence-electron chi connectivity index (χ0n) is 27.1. The molecule has 0 saturated heterocycles. The maximum Gasteiger partial charge on any atom is 0.264 e. The fourth-order valence-corrected chi connectivity index (χ4v) is 7.24. The van der Waals surface area contributed by atoms with E-state index in [2.05, 4.69) is 5.32 Å². The monoisotopic (exact) mass is 727 g/mol. The molecule has 0 heterocycles. The molecule has 0 unspecified atom stereocenters. The normalized spacial score (nSPS) is 11.9. The van der Waals surface area contributed by atoms with Gasteiger partial charge in [-0.15, -0.1) is 11.8 Å². The highest BCUT2D eigenvalue weighted by Gasteiger charge is 2.35. The van der Waals surface area contributed by atoms with Crippen LogP contribution in [0.3, 0.4) is 0 Å². The number of thioether (sulfide) groups is 1. The van der Waals surface area contributed by atoms with Crippen LogP contribution in [0, 0.1) is 0 Å². The Morgan fingerprint density at radius 3 is 2.21 bits per heavy atom. The lowest BCUT2D eigenvalue weighted by atomic mass is 10.0. The first-order valence-corrected chi connectivity index (χ1v) is 18.9. The lowest BCUT2D eigenvalue weighted by Crippen LogP contribution is -2.53. The molecule has 2 amide bonds. The molecule has 4 rings (SSSR count). The molecular weight excluding hydrogens is 689 g/mol. The molecule has 4 aromatic rings. The Morgan fingerprint density at radius 2 is 1.56 bits per heavy atom. The van der Waals surface area contributed by atoms with Crippen molar-refractivity contribution in [3.63, 3.8) is 0 Å². The van der Waals surface area contributed by atoms with Crippen molar-refractivity contribution in [1.82, 2.24) is 10.2 Å². The SMILES string of the molecule is CCCNC(=O)[C@@H](Cc1ccccc1)N(Cc1ccc(Cl)c(Cl)c1)C(=O)CN(c1ccccc1OCC)S(=O)(=O)c1ccc(SC)cc1. The third kappa shape index (κ3) is 9.47. The van der Waals surface area contributed by atoms with Gasteiger partial charge < -0.3 is 15.0 Å². The Balaban J connectivity index is 1.84. The van der Waals surface area contributed by atoms with E-state index >= 15 is 0 Å². The fourth-order valence-electron chi connectivity index (χ4n) is 5.08. The molecule has 254 valence electrons. The van der Waals surface area contributed by atoms with Crippen LogP contribution in [-0.2, 0) is 32.6 Å². The first-order valence-electron chi connectivity index (χ1n) is 15.5. The summed E-state index contributed by atoms with van der Waals surface area (Å²) in [4.78, 5) is 30.8. The van der Waals surface area contributed by atoms with Crippen LogP contribution in [0.1, 0.15) is 31.4 Å². The Bertz CT molecular complexity index is 1790. The van der Waals surface area contributed by atoms with Crippen LogP contribution in [0.25, 0.3) is 0 Å². The summed E-state index contributed by atoms with van der Waals surface area (Å²) in [5, 5.41) is 3.57. The van der Waals surface area contributed by atoms with Crippen LogP contribution in [0.4, 0.5) is 5.69 Å². The van der Waals surface area contributed by atoms with Crippen molar-refractivity contribution in [3.8, 4) is 5.75 Å². The van der Waals surface area contributed by atoms with Crippen LogP contribution < -0.4 is 14.4 Å². The predicted molar refractivity (Wildman–Crippen MR) is 195 cm³/mol. The minimum absolute atomic E-state index is 0.0111. The molecular formula is C36H39Cl2N3O5S2. The summed E-state index contributed by atoms with van der Waals surface area (Å²) in [5.74, 6) is -0.648. The topological polar surface area (TPSA) is 96.0 Å².